The summed E-state index contributed by atoms with van der Waals surface area (Å²) in [4.78, 5) is 27.6. The summed E-state index contributed by atoms with van der Waals surface area (Å²) < 4.78 is 19.0. The second-order valence-corrected chi connectivity index (χ2v) is 8.43. The lowest BCUT2D eigenvalue weighted by Crippen LogP contribution is -2.50. The molecule has 1 aliphatic carbocycles. The third kappa shape index (κ3) is 7.36. The lowest BCUT2D eigenvalue weighted by Gasteiger charge is -2.31. The molecule has 172 valence electrons. The van der Waals surface area contributed by atoms with Crippen molar-refractivity contribution >= 4 is 11.8 Å². The van der Waals surface area contributed by atoms with Gasteiger partial charge in [0.15, 0.2) is 0 Å². The van der Waals surface area contributed by atoms with E-state index in [0.29, 0.717) is 13.0 Å². The van der Waals surface area contributed by atoms with Crippen LogP contribution in [0.15, 0.2) is 54.6 Å². The van der Waals surface area contributed by atoms with Gasteiger partial charge < -0.3 is 15.0 Å². The molecule has 6 heteroatoms. The van der Waals surface area contributed by atoms with E-state index in [2.05, 4.69) is 5.32 Å². The molecule has 2 aromatic rings. The number of amides is 2. The SMILES string of the molecule is C[C@@H](C(=O)NC1CCCCC1)N(Cc1ccc(F)cc1)C(=O)CCCOc1ccccc1. The Morgan fingerprint density at radius 1 is 1.06 bits per heavy atom. The highest BCUT2D eigenvalue weighted by Gasteiger charge is 2.27. The maximum Gasteiger partial charge on any atom is 0.242 e. The largest absolute Gasteiger partial charge is 0.494 e. The second-order valence-electron chi connectivity index (χ2n) is 8.43. The summed E-state index contributed by atoms with van der Waals surface area (Å²) in [6.45, 7) is 2.45. The van der Waals surface area contributed by atoms with Gasteiger partial charge in [-0.05, 0) is 56.0 Å². The van der Waals surface area contributed by atoms with Crippen LogP contribution in [0.4, 0.5) is 4.39 Å². The molecule has 1 aliphatic rings. The first-order valence-electron chi connectivity index (χ1n) is 11.5. The summed E-state index contributed by atoms with van der Waals surface area (Å²) >= 11 is 0. The highest BCUT2D eigenvalue weighted by atomic mass is 19.1. The van der Waals surface area contributed by atoms with E-state index in [4.69, 9.17) is 4.74 Å². The molecule has 1 fully saturated rings. The summed E-state index contributed by atoms with van der Waals surface area (Å²) in [5.74, 6) is 0.196. The molecule has 0 aromatic heterocycles. The van der Waals surface area contributed by atoms with Crippen molar-refractivity contribution in [2.45, 2.75) is 70.5 Å². The molecule has 1 atom stereocenters. The highest BCUT2D eigenvalue weighted by molar-refractivity contribution is 5.87. The van der Waals surface area contributed by atoms with Gasteiger partial charge in [0.05, 0.1) is 6.61 Å². The fourth-order valence-electron chi connectivity index (χ4n) is 4.01. The molecule has 0 radical (unpaired) electrons. The van der Waals surface area contributed by atoms with Crippen molar-refractivity contribution in [2.24, 2.45) is 0 Å². The van der Waals surface area contributed by atoms with Gasteiger partial charge in [-0.25, -0.2) is 4.39 Å². The molecule has 0 heterocycles. The van der Waals surface area contributed by atoms with Crippen molar-refractivity contribution in [3.05, 3.63) is 66.0 Å². The Balaban J connectivity index is 1.59. The van der Waals surface area contributed by atoms with Crippen LogP contribution < -0.4 is 10.1 Å². The van der Waals surface area contributed by atoms with E-state index in [9.17, 15) is 14.0 Å². The maximum atomic E-state index is 13.3. The summed E-state index contributed by atoms with van der Waals surface area (Å²) in [6, 6.07) is 15.1. The Morgan fingerprint density at radius 3 is 2.44 bits per heavy atom. The van der Waals surface area contributed by atoms with Gasteiger partial charge in [-0.2, -0.15) is 0 Å². The number of nitrogens with zero attached hydrogens (tertiary/aromatic N) is 1. The monoisotopic (exact) mass is 440 g/mol. The molecule has 1 saturated carbocycles. The molecule has 32 heavy (non-hydrogen) atoms. The zero-order valence-corrected chi connectivity index (χ0v) is 18.8. The van der Waals surface area contributed by atoms with Crippen LogP contribution in [0.3, 0.4) is 0 Å². The van der Waals surface area contributed by atoms with E-state index in [-0.39, 0.29) is 36.6 Å². The van der Waals surface area contributed by atoms with Crippen molar-refractivity contribution in [1.29, 1.82) is 0 Å². The molecule has 3 rings (SSSR count). The van der Waals surface area contributed by atoms with Gasteiger partial charge in [-0.1, -0.05) is 49.6 Å². The smallest absolute Gasteiger partial charge is 0.242 e. The van der Waals surface area contributed by atoms with Crippen LogP contribution >= 0.6 is 0 Å². The number of carbonyl (C=O) groups excluding carboxylic acids is 2. The Labute approximate surface area is 190 Å². The molecule has 1 N–H and O–H groups in total. The number of nitrogens with one attached hydrogen (secondary N) is 1. The number of ether oxygens (including phenoxy) is 1. The molecule has 2 aromatic carbocycles. The predicted molar refractivity (Wildman–Crippen MR) is 123 cm³/mol. The van der Waals surface area contributed by atoms with E-state index < -0.39 is 6.04 Å². The van der Waals surface area contributed by atoms with E-state index in [1.165, 1.54) is 18.6 Å². The van der Waals surface area contributed by atoms with Crippen LogP contribution in [-0.2, 0) is 16.1 Å². The minimum Gasteiger partial charge on any atom is -0.494 e. The van der Waals surface area contributed by atoms with E-state index in [0.717, 1.165) is 37.0 Å². The van der Waals surface area contributed by atoms with Gasteiger partial charge in [0.1, 0.15) is 17.6 Å². The van der Waals surface area contributed by atoms with Gasteiger partial charge in [-0.3, -0.25) is 9.59 Å². The summed E-state index contributed by atoms with van der Waals surface area (Å²) in [5, 5.41) is 3.12. The Hall–Kier alpha value is -2.89. The van der Waals surface area contributed by atoms with Gasteiger partial charge in [0, 0.05) is 19.0 Å². The Bertz CT molecular complexity index is 851. The van der Waals surface area contributed by atoms with Crippen molar-refractivity contribution in [3.63, 3.8) is 0 Å². The first-order chi connectivity index (χ1) is 15.5. The van der Waals surface area contributed by atoms with Crippen LogP contribution in [0.5, 0.6) is 5.75 Å². The number of benzene rings is 2. The molecule has 0 aliphatic heterocycles. The topological polar surface area (TPSA) is 58.6 Å². The minimum atomic E-state index is -0.607. The van der Waals surface area contributed by atoms with E-state index in [1.54, 1.807) is 24.0 Å². The second kappa shape index (κ2) is 12.2. The van der Waals surface area contributed by atoms with Crippen LogP contribution in [0.2, 0.25) is 0 Å². The average Bonchev–Trinajstić information content (AvgIpc) is 2.82. The fourth-order valence-corrected chi connectivity index (χ4v) is 4.01. The quantitative estimate of drug-likeness (QED) is 0.537. The standard InChI is InChI=1S/C26H33FN2O3/c1-20(26(31)28-23-9-4-2-5-10-23)29(19-21-14-16-22(27)17-15-21)25(30)13-8-18-32-24-11-6-3-7-12-24/h3,6-7,11-12,14-17,20,23H,2,4-5,8-10,13,18-19H2,1H3,(H,28,31)/t20-/m0/s1. The average molecular weight is 441 g/mol. The fraction of sp³-hybridized carbons (Fsp3) is 0.462. The number of hydrogen-bond donors (Lipinski definition) is 1. The molecular weight excluding hydrogens is 407 g/mol. The molecule has 2 amide bonds. The minimum absolute atomic E-state index is 0.114. The molecular formula is C26H33FN2O3. The zero-order chi connectivity index (χ0) is 22.8. The molecule has 0 unspecified atom stereocenters. The number of halogens is 1. The van der Waals surface area contributed by atoms with Crippen molar-refractivity contribution in [1.82, 2.24) is 10.2 Å². The molecule has 5 nitrogen and oxygen atoms in total. The van der Waals surface area contributed by atoms with Crippen molar-refractivity contribution in [2.75, 3.05) is 6.61 Å². The summed E-state index contributed by atoms with van der Waals surface area (Å²) in [6.07, 6.45) is 6.25. The number of carbonyl (C=O) groups is 2. The van der Waals surface area contributed by atoms with Crippen molar-refractivity contribution < 1.29 is 18.7 Å². The zero-order valence-electron chi connectivity index (χ0n) is 18.8. The van der Waals surface area contributed by atoms with Gasteiger partial charge in [0.2, 0.25) is 11.8 Å². The molecule has 0 saturated heterocycles. The lowest BCUT2D eigenvalue weighted by molar-refractivity contribution is -0.141. The van der Waals surface area contributed by atoms with Gasteiger partial charge in [-0.15, -0.1) is 0 Å². The first-order valence-corrected chi connectivity index (χ1v) is 11.5. The third-order valence-corrected chi connectivity index (χ3v) is 5.93. The normalized spacial score (nSPS) is 15.1. The van der Waals surface area contributed by atoms with Crippen molar-refractivity contribution in [3.8, 4) is 5.75 Å². The van der Waals surface area contributed by atoms with Gasteiger partial charge in [0.25, 0.3) is 0 Å². The summed E-state index contributed by atoms with van der Waals surface area (Å²) in [5.41, 5.74) is 0.789. The highest BCUT2D eigenvalue weighted by Crippen LogP contribution is 2.19. The number of rotatable bonds is 10. The molecule has 0 spiro atoms. The number of para-hydroxylation sites is 1. The summed E-state index contributed by atoms with van der Waals surface area (Å²) in [7, 11) is 0. The van der Waals surface area contributed by atoms with Crippen LogP contribution in [0, 0.1) is 5.82 Å². The van der Waals surface area contributed by atoms with E-state index >= 15 is 0 Å². The van der Waals surface area contributed by atoms with Crippen LogP contribution in [0.25, 0.3) is 0 Å². The third-order valence-electron chi connectivity index (χ3n) is 5.93. The Kier molecular flexibility index (Phi) is 9.08. The van der Waals surface area contributed by atoms with Gasteiger partial charge >= 0.3 is 0 Å². The maximum absolute atomic E-state index is 13.3. The van der Waals surface area contributed by atoms with Crippen LogP contribution in [-0.4, -0.2) is 35.4 Å². The number of hydrogen-bond acceptors (Lipinski definition) is 3. The first kappa shape index (κ1) is 23.8. The Morgan fingerprint density at radius 2 is 1.75 bits per heavy atom. The van der Waals surface area contributed by atoms with E-state index in [1.807, 2.05) is 30.3 Å². The molecule has 0 bridgehead atoms. The van der Waals surface area contributed by atoms with Crippen LogP contribution in [0.1, 0.15) is 57.4 Å². The predicted octanol–water partition coefficient (Wildman–Crippen LogP) is 4.85. The lowest BCUT2D eigenvalue weighted by atomic mass is 9.95.